The summed E-state index contributed by atoms with van der Waals surface area (Å²) in [7, 11) is 1.67. The highest BCUT2D eigenvalue weighted by molar-refractivity contribution is 5.85. The van der Waals surface area contributed by atoms with Crippen molar-refractivity contribution in [1.82, 2.24) is 0 Å². The van der Waals surface area contributed by atoms with Gasteiger partial charge in [-0.1, -0.05) is 30.3 Å². The first-order valence-corrected chi connectivity index (χ1v) is 3.66. The third kappa shape index (κ3) is 2.81. The van der Waals surface area contributed by atoms with Crippen molar-refractivity contribution in [3.63, 3.8) is 0 Å². The van der Waals surface area contributed by atoms with Gasteiger partial charge in [-0.2, -0.15) is 0 Å². The molecule has 1 aromatic carbocycles. The molecular weight excluding hydrogens is 174 g/mol. The molecule has 0 aliphatic heterocycles. The molecule has 0 saturated carbocycles. The summed E-state index contributed by atoms with van der Waals surface area (Å²) < 4.78 is 5.16. The van der Waals surface area contributed by atoms with Crippen molar-refractivity contribution in [3.8, 4) is 0 Å². The van der Waals surface area contributed by atoms with E-state index in [1.54, 1.807) is 7.11 Å². The van der Waals surface area contributed by atoms with E-state index in [0.717, 1.165) is 5.56 Å². The van der Waals surface area contributed by atoms with Gasteiger partial charge in [0.1, 0.15) is 0 Å². The monoisotopic (exact) mass is 187 g/mol. The van der Waals surface area contributed by atoms with Crippen LogP contribution in [0.25, 0.3) is 0 Å². The molecule has 0 saturated heterocycles. The first-order chi connectivity index (χ1) is 5.38. The van der Waals surface area contributed by atoms with Crippen LogP contribution in [-0.2, 0) is 4.74 Å². The molecule has 0 bridgehead atoms. The van der Waals surface area contributed by atoms with Crippen molar-refractivity contribution in [2.75, 3.05) is 13.7 Å². The minimum absolute atomic E-state index is 0. The van der Waals surface area contributed by atoms with Gasteiger partial charge in [0.15, 0.2) is 0 Å². The second-order valence-electron chi connectivity index (χ2n) is 2.37. The quantitative estimate of drug-likeness (QED) is 0.783. The molecule has 0 amide bonds. The van der Waals surface area contributed by atoms with Crippen LogP contribution in [-0.4, -0.2) is 13.7 Å². The van der Waals surface area contributed by atoms with Gasteiger partial charge in [-0.15, -0.1) is 12.4 Å². The number of hydrogen-bond acceptors (Lipinski definition) is 2. The number of ether oxygens (including phenoxy) is 1. The molecule has 1 atom stereocenters. The van der Waals surface area contributed by atoms with Gasteiger partial charge in [0, 0.05) is 13.7 Å². The van der Waals surface area contributed by atoms with E-state index in [4.69, 9.17) is 10.5 Å². The van der Waals surface area contributed by atoms with Gasteiger partial charge in [-0.3, -0.25) is 0 Å². The Hall–Kier alpha value is -0.570. The zero-order chi connectivity index (χ0) is 8.10. The molecule has 3 heteroatoms. The largest absolute Gasteiger partial charge is 0.375 e. The van der Waals surface area contributed by atoms with Crippen molar-refractivity contribution < 1.29 is 4.74 Å². The maximum absolute atomic E-state index is 5.49. The summed E-state index contributed by atoms with van der Waals surface area (Å²) in [6, 6.07) is 9.98. The SMILES string of the molecule is CO[C@H](CN)c1ccccc1.Cl. The molecule has 0 fully saturated rings. The minimum Gasteiger partial charge on any atom is -0.375 e. The summed E-state index contributed by atoms with van der Waals surface area (Å²) in [5.41, 5.74) is 6.63. The van der Waals surface area contributed by atoms with Crippen LogP contribution in [0.4, 0.5) is 0 Å². The van der Waals surface area contributed by atoms with Gasteiger partial charge in [0.05, 0.1) is 6.10 Å². The predicted octanol–water partition coefficient (Wildman–Crippen LogP) is 1.75. The highest BCUT2D eigenvalue weighted by atomic mass is 35.5. The average molecular weight is 188 g/mol. The third-order valence-electron chi connectivity index (χ3n) is 1.67. The van der Waals surface area contributed by atoms with Gasteiger partial charge >= 0.3 is 0 Å². The summed E-state index contributed by atoms with van der Waals surface area (Å²) in [6.07, 6.45) is 0.0381. The lowest BCUT2D eigenvalue weighted by atomic mass is 10.1. The summed E-state index contributed by atoms with van der Waals surface area (Å²) in [6.45, 7) is 0.528. The van der Waals surface area contributed by atoms with E-state index < -0.39 is 0 Å². The van der Waals surface area contributed by atoms with Crippen LogP contribution in [0.15, 0.2) is 30.3 Å². The fraction of sp³-hybridized carbons (Fsp3) is 0.333. The van der Waals surface area contributed by atoms with E-state index in [1.165, 1.54) is 0 Å². The second kappa shape index (κ2) is 6.00. The molecule has 1 rings (SSSR count). The Kier molecular flexibility index (Phi) is 5.72. The fourth-order valence-corrected chi connectivity index (χ4v) is 1.04. The Morgan fingerprint density at radius 2 is 1.92 bits per heavy atom. The molecule has 0 radical (unpaired) electrons. The van der Waals surface area contributed by atoms with E-state index in [0.29, 0.717) is 6.54 Å². The lowest BCUT2D eigenvalue weighted by Gasteiger charge is -2.12. The van der Waals surface area contributed by atoms with Crippen molar-refractivity contribution in [2.24, 2.45) is 5.73 Å². The normalized spacial score (nSPS) is 11.8. The highest BCUT2D eigenvalue weighted by Crippen LogP contribution is 2.13. The van der Waals surface area contributed by atoms with Crippen LogP contribution in [0.5, 0.6) is 0 Å². The number of benzene rings is 1. The van der Waals surface area contributed by atoms with Gasteiger partial charge < -0.3 is 10.5 Å². The van der Waals surface area contributed by atoms with E-state index in [-0.39, 0.29) is 18.5 Å². The van der Waals surface area contributed by atoms with Crippen LogP contribution in [0.2, 0.25) is 0 Å². The maximum Gasteiger partial charge on any atom is 0.0943 e. The summed E-state index contributed by atoms with van der Waals surface area (Å²) in [4.78, 5) is 0. The lowest BCUT2D eigenvalue weighted by Crippen LogP contribution is -2.13. The van der Waals surface area contributed by atoms with Crippen LogP contribution in [0, 0.1) is 0 Å². The molecule has 0 spiro atoms. The number of methoxy groups -OCH3 is 1. The summed E-state index contributed by atoms with van der Waals surface area (Å²) in [5, 5.41) is 0. The molecule has 2 nitrogen and oxygen atoms in total. The van der Waals surface area contributed by atoms with E-state index in [1.807, 2.05) is 30.3 Å². The van der Waals surface area contributed by atoms with Crippen molar-refractivity contribution >= 4 is 12.4 Å². The molecule has 68 valence electrons. The van der Waals surface area contributed by atoms with Crippen molar-refractivity contribution in [3.05, 3.63) is 35.9 Å². The number of halogens is 1. The van der Waals surface area contributed by atoms with Crippen molar-refractivity contribution in [1.29, 1.82) is 0 Å². The Balaban J connectivity index is 0.00000121. The summed E-state index contributed by atoms with van der Waals surface area (Å²) >= 11 is 0. The smallest absolute Gasteiger partial charge is 0.0943 e. The minimum atomic E-state index is 0. The highest BCUT2D eigenvalue weighted by Gasteiger charge is 2.05. The molecular formula is C9H14ClNO. The lowest BCUT2D eigenvalue weighted by molar-refractivity contribution is 0.110. The molecule has 0 aliphatic rings. The fourth-order valence-electron chi connectivity index (χ4n) is 1.04. The first-order valence-electron chi connectivity index (χ1n) is 3.66. The molecule has 12 heavy (non-hydrogen) atoms. The van der Waals surface area contributed by atoms with Crippen LogP contribution in [0.1, 0.15) is 11.7 Å². The number of nitrogens with two attached hydrogens (primary N) is 1. The molecule has 1 aromatic rings. The van der Waals surface area contributed by atoms with Crippen molar-refractivity contribution in [2.45, 2.75) is 6.10 Å². The third-order valence-corrected chi connectivity index (χ3v) is 1.67. The summed E-state index contributed by atoms with van der Waals surface area (Å²) in [5.74, 6) is 0. The molecule has 0 aliphatic carbocycles. The molecule has 2 N–H and O–H groups in total. The van der Waals surface area contributed by atoms with Gasteiger partial charge in [0.2, 0.25) is 0 Å². The van der Waals surface area contributed by atoms with Gasteiger partial charge in [-0.05, 0) is 5.56 Å². The molecule has 0 heterocycles. The van der Waals surface area contributed by atoms with E-state index in [9.17, 15) is 0 Å². The van der Waals surface area contributed by atoms with Gasteiger partial charge in [0.25, 0.3) is 0 Å². The zero-order valence-electron chi connectivity index (χ0n) is 7.07. The Bertz CT molecular complexity index is 199. The standard InChI is InChI=1S/C9H13NO.ClH/c1-11-9(7-10)8-5-3-2-4-6-8;/h2-6,9H,7,10H2,1H3;1H/t9-;/m1./s1. The van der Waals surface area contributed by atoms with Crippen LogP contribution >= 0.6 is 12.4 Å². The molecule has 0 aromatic heterocycles. The number of hydrogen-bond donors (Lipinski definition) is 1. The second-order valence-corrected chi connectivity index (χ2v) is 2.37. The topological polar surface area (TPSA) is 35.2 Å². The Labute approximate surface area is 79.1 Å². The molecule has 0 unspecified atom stereocenters. The Morgan fingerprint density at radius 1 is 1.33 bits per heavy atom. The van der Waals surface area contributed by atoms with Crippen LogP contribution in [0.3, 0.4) is 0 Å². The first kappa shape index (κ1) is 11.4. The van der Waals surface area contributed by atoms with Crippen LogP contribution < -0.4 is 5.73 Å². The average Bonchev–Trinajstić information content (AvgIpc) is 2.09. The van der Waals surface area contributed by atoms with E-state index >= 15 is 0 Å². The van der Waals surface area contributed by atoms with Gasteiger partial charge in [-0.25, -0.2) is 0 Å². The van der Waals surface area contributed by atoms with E-state index in [2.05, 4.69) is 0 Å². The maximum atomic E-state index is 5.49. The zero-order valence-corrected chi connectivity index (χ0v) is 7.88. The Morgan fingerprint density at radius 3 is 2.33 bits per heavy atom. The predicted molar refractivity (Wildman–Crippen MR) is 52.5 cm³/mol. The number of rotatable bonds is 3.